The number of rotatable bonds is 13. The Morgan fingerprint density at radius 2 is 1.75 bits per heavy atom. The number of amides is 3. The molecule has 0 spiro atoms. The SMILES string of the molecule is Cc1ccncc1C1CN(C(=O)[C@@H]2CC[C@@H]3CCCC[C@H](NC(=O)c4cc5cc(CP(=O)(N[C@@H](C)C(=O)OCC(C)C)Oc6ccccc6)ccc5s4)C(=O)N32)C1. The minimum Gasteiger partial charge on any atom is -0.464 e. The second-order valence-electron chi connectivity index (χ2n) is 16.1. The topological polar surface area (TPSA) is 147 Å². The van der Waals surface area contributed by atoms with Gasteiger partial charge in [0, 0.05) is 42.1 Å². The Balaban J connectivity index is 1.03. The molecule has 2 aromatic carbocycles. The van der Waals surface area contributed by atoms with Crippen molar-refractivity contribution in [3.8, 4) is 5.75 Å². The fourth-order valence-electron chi connectivity index (χ4n) is 8.13. The molecular weight excluding hydrogens is 762 g/mol. The number of carbonyl (C=O) groups is 4. The molecule has 302 valence electrons. The third-order valence-corrected chi connectivity index (χ3v) is 14.3. The van der Waals surface area contributed by atoms with Gasteiger partial charge < -0.3 is 24.4 Å². The predicted molar refractivity (Wildman–Crippen MR) is 220 cm³/mol. The van der Waals surface area contributed by atoms with Crippen LogP contribution in [0.5, 0.6) is 5.75 Å². The zero-order valence-corrected chi connectivity index (χ0v) is 34.7. The summed E-state index contributed by atoms with van der Waals surface area (Å²) in [5.74, 6) is -0.262. The lowest BCUT2D eigenvalue weighted by molar-refractivity contribution is -0.149. The Hall–Kier alpha value is -4.58. The number of likely N-dealkylation sites (tertiary alicyclic amines) is 1. The maximum atomic E-state index is 14.4. The molecule has 3 aliphatic rings. The molecule has 3 saturated heterocycles. The molecule has 2 aromatic heterocycles. The van der Waals surface area contributed by atoms with E-state index < -0.39 is 31.6 Å². The number of fused-ring (bicyclic) bond motifs is 2. The third kappa shape index (κ3) is 9.43. The summed E-state index contributed by atoms with van der Waals surface area (Å²) in [4.78, 5) is 63.0. The fourth-order valence-corrected chi connectivity index (χ4v) is 11.1. The molecule has 57 heavy (non-hydrogen) atoms. The van der Waals surface area contributed by atoms with Gasteiger partial charge >= 0.3 is 13.5 Å². The summed E-state index contributed by atoms with van der Waals surface area (Å²) in [5, 5.41) is 6.75. The molecule has 5 heterocycles. The van der Waals surface area contributed by atoms with Crippen molar-refractivity contribution in [1.82, 2.24) is 25.2 Å². The molecule has 3 fully saturated rings. The molecule has 0 aliphatic carbocycles. The molecule has 4 aromatic rings. The normalized spacial score (nSPS) is 21.6. The van der Waals surface area contributed by atoms with Crippen LogP contribution in [0.4, 0.5) is 0 Å². The van der Waals surface area contributed by atoms with E-state index in [0.29, 0.717) is 42.1 Å². The maximum Gasteiger partial charge on any atom is 0.323 e. The van der Waals surface area contributed by atoms with Crippen molar-refractivity contribution in [2.24, 2.45) is 5.92 Å². The molecule has 1 unspecified atom stereocenters. The van der Waals surface area contributed by atoms with Crippen molar-refractivity contribution in [3.63, 3.8) is 0 Å². The van der Waals surface area contributed by atoms with Gasteiger partial charge in [-0.25, -0.2) is 5.09 Å². The highest BCUT2D eigenvalue weighted by atomic mass is 32.1. The van der Waals surface area contributed by atoms with Gasteiger partial charge in [-0.05, 0) is 104 Å². The first-order valence-electron chi connectivity index (χ1n) is 20.0. The number of aromatic nitrogens is 1. The summed E-state index contributed by atoms with van der Waals surface area (Å²) in [7, 11) is -3.69. The second-order valence-corrected chi connectivity index (χ2v) is 19.3. The van der Waals surface area contributed by atoms with Crippen LogP contribution in [0, 0.1) is 12.8 Å². The number of pyridine rings is 1. The van der Waals surface area contributed by atoms with E-state index in [1.807, 2.05) is 55.3 Å². The van der Waals surface area contributed by atoms with Crippen LogP contribution in [-0.2, 0) is 29.8 Å². The molecule has 5 atom stereocenters. The van der Waals surface area contributed by atoms with E-state index in [1.54, 1.807) is 48.4 Å². The van der Waals surface area contributed by atoms with Gasteiger partial charge in [0.25, 0.3) is 5.91 Å². The number of hydrogen-bond donors (Lipinski definition) is 2. The van der Waals surface area contributed by atoms with Crippen LogP contribution >= 0.6 is 18.9 Å². The minimum absolute atomic E-state index is 0.0102. The number of para-hydroxylation sites is 1. The summed E-state index contributed by atoms with van der Waals surface area (Å²) in [5.41, 5.74) is 3.02. The van der Waals surface area contributed by atoms with Gasteiger partial charge in [-0.3, -0.25) is 28.7 Å². The highest BCUT2D eigenvalue weighted by molar-refractivity contribution is 7.56. The number of carbonyl (C=O) groups excluding carboxylic acids is 4. The first kappa shape index (κ1) is 40.6. The van der Waals surface area contributed by atoms with Crippen molar-refractivity contribution >= 4 is 52.6 Å². The number of thiophene rings is 1. The molecule has 12 nitrogen and oxygen atoms in total. The van der Waals surface area contributed by atoms with Gasteiger partial charge in [0.15, 0.2) is 0 Å². The molecule has 2 N–H and O–H groups in total. The quantitative estimate of drug-likeness (QED) is 0.106. The van der Waals surface area contributed by atoms with E-state index in [0.717, 1.165) is 41.3 Å². The van der Waals surface area contributed by atoms with E-state index >= 15 is 0 Å². The van der Waals surface area contributed by atoms with Crippen LogP contribution in [0.25, 0.3) is 10.1 Å². The smallest absolute Gasteiger partial charge is 0.323 e. The van der Waals surface area contributed by atoms with Gasteiger partial charge in [-0.1, -0.05) is 51.0 Å². The maximum absolute atomic E-state index is 14.4. The molecule has 0 bridgehead atoms. The van der Waals surface area contributed by atoms with Gasteiger partial charge in [0.1, 0.15) is 23.9 Å². The van der Waals surface area contributed by atoms with Crippen LogP contribution in [0.2, 0.25) is 0 Å². The Morgan fingerprint density at radius 3 is 2.51 bits per heavy atom. The number of nitrogens with one attached hydrogen (secondary N) is 2. The van der Waals surface area contributed by atoms with Crippen molar-refractivity contribution < 1.29 is 33.0 Å². The van der Waals surface area contributed by atoms with Crippen molar-refractivity contribution in [2.45, 2.75) is 102 Å². The fraction of sp³-hybridized carbons (Fsp3) is 0.465. The molecule has 3 amide bonds. The van der Waals surface area contributed by atoms with Gasteiger partial charge in [0.2, 0.25) is 11.8 Å². The molecule has 0 saturated carbocycles. The van der Waals surface area contributed by atoms with Crippen molar-refractivity contribution in [2.75, 3.05) is 19.7 Å². The summed E-state index contributed by atoms with van der Waals surface area (Å²) in [6, 6.07) is 16.0. The Bertz CT molecular complexity index is 2160. The lowest BCUT2D eigenvalue weighted by atomic mass is 9.89. The Labute approximate surface area is 338 Å². The summed E-state index contributed by atoms with van der Waals surface area (Å²) in [6.07, 6.45) is 8.13. The Kier molecular flexibility index (Phi) is 12.5. The lowest BCUT2D eigenvalue weighted by Crippen LogP contribution is -2.59. The van der Waals surface area contributed by atoms with Crippen LogP contribution in [0.3, 0.4) is 0 Å². The molecule has 14 heteroatoms. The van der Waals surface area contributed by atoms with Crippen molar-refractivity contribution in [1.29, 1.82) is 0 Å². The lowest BCUT2D eigenvalue weighted by Gasteiger charge is -2.43. The highest BCUT2D eigenvalue weighted by Crippen LogP contribution is 2.47. The van der Waals surface area contributed by atoms with E-state index in [-0.39, 0.29) is 48.4 Å². The third-order valence-electron chi connectivity index (χ3n) is 11.1. The van der Waals surface area contributed by atoms with E-state index in [1.165, 1.54) is 16.9 Å². The van der Waals surface area contributed by atoms with Crippen molar-refractivity contribution in [3.05, 3.63) is 94.6 Å². The number of nitrogens with zero attached hydrogens (tertiary/aromatic N) is 3. The summed E-state index contributed by atoms with van der Waals surface area (Å²) >= 11 is 1.32. The van der Waals surface area contributed by atoms with Crippen LogP contribution in [0.15, 0.2) is 73.1 Å². The minimum atomic E-state index is -3.69. The summed E-state index contributed by atoms with van der Waals surface area (Å²) in [6.45, 7) is 9.03. The van der Waals surface area contributed by atoms with Crippen LogP contribution < -0.4 is 14.9 Å². The van der Waals surface area contributed by atoms with Gasteiger partial charge in [-0.15, -0.1) is 11.3 Å². The van der Waals surface area contributed by atoms with E-state index in [2.05, 4.69) is 22.3 Å². The number of aryl methyl sites for hydroxylation is 1. The predicted octanol–water partition coefficient (Wildman–Crippen LogP) is 7.21. The standard InChI is InChI=1S/C43H52N5O7PS/c1-27(2)25-54-43(52)29(4)46-56(53,55-34-11-6-5-7-12-34)26-30-14-17-38-31(20-30)21-39(57-38)40(49)45-36-13-9-8-10-33-15-16-37(48(33)41(36)50)42(51)47-23-32(24-47)35-22-44-19-18-28(35)3/h5-7,11-12,14,17-22,27,29,32-33,36-37H,8-10,13,15-16,23-26H2,1-4H3,(H,45,49)(H,46,53)/t29-,33-,36-,37-,56?/m0/s1. The number of hydrogen-bond acceptors (Lipinski definition) is 9. The van der Waals surface area contributed by atoms with Crippen LogP contribution in [-0.4, -0.2) is 82.3 Å². The van der Waals surface area contributed by atoms with E-state index in [4.69, 9.17) is 9.26 Å². The Morgan fingerprint density at radius 1 is 0.982 bits per heavy atom. The largest absolute Gasteiger partial charge is 0.464 e. The van der Waals surface area contributed by atoms with E-state index in [9.17, 15) is 23.7 Å². The second kappa shape index (κ2) is 17.5. The van der Waals surface area contributed by atoms with Crippen LogP contribution in [0.1, 0.15) is 91.6 Å². The zero-order valence-electron chi connectivity index (χ0n) is 33.0. The monoisotopic (exact) mass is 813 g/mol. The first-order chi connectivity index (χ1) is 27.4. The van der Waals surface area contributed by atoms with Gasteiger partial charge in [-0.2, -0.15) is 0 Å². The molecule has 7 rings (SSSR count). The number of benzene rings is 2. The highest BCUT2D eigenvalue weighted by Gasteiger charge is 2.47. The summed E-state index contributed by atoms with van der Waals surface area (Å²) < 4.78 is 26.7. The number of esters is 1. The molecule has 0 radical (unpaired) electrons. The first-order valence-corrected chi connectivity index (χ1v) is 22.6. The average molecular weight is 814 g/mol. The number of ether oxygens (including phenoxy) is 1. The zero-order chi connectivity index (χ0) is 40.3. The average Bonchev–Trinajstić information content (AvgIpc) is 3.78. The molecule has 3 aliphatic heterocycles. The van der Waals surface area contributed by atoms with Gasteiger partial charge in [0.05, 0.1) is 17.6 Å². The molecular formula is C43H52N5O7PS.